The summed E-state index contributed by atoms with van der Waals surface area (Å²) in [6.07, 6.45) is -1.52. The molecule has 100 valence electrons. The molecule has 0 aliphatic rings. The maximum absolute atomic E-state index is 11.5. The van der Waals surface area contributed by atoms with Crippen molar-refractivity contribution in [2.45, 2.75) is 26.9 Å². The number of phenolic OH excluding ortho intramolecular Hbond substituents is 1. The molecule has 5 heteroatoms. The van der Waals surface area contributed by atoms with Crippen LogP contribution in [-0.2, 0) is 9.53 Å². The maximum Gasteiger partial charge on any atom is 0.339 e. The van der Waals surface area contributed by atoms with Crippen LogP contribution in [0.1, 0.15) is 29.7 Å². The summed E-state index contributed by atoms with van der Waals surface area (Å²) < 4.78 is 9.79. The van der Waals surface area contributed by atoms with Crippen molar-refractivity contribution in [3.05, 3.63) is 22.8 Å². The highest BCUT2D eigenvalue weighted by molar-refractivity contribution is 5.78. The quantitative estimate of drug-likeness (QED) is 0.798. The lowest BCUT2D eigenvalue weighted by Crippen LogP contribution is -2.16. The number of esters is 1. The zero-order chi connectivity index (χ0) is 13.9. The van der Waals surface area contributed by atoms with Gasteiger partial charge >= 0.3 is 5.97 Å². The molecule has 0 fully saturated rings. The van der Waals surface area contributed by atoms with Gasteiger partial charge in [0.1, 0.15) is 0 Å². The van der Waals surface area contributed by atoms with Crippen molar-refractivity contribution < 1.29 is 24.5 Å². The first kappa shape index (κ1) is 14.3. The minimum atomic E-state index is -1.52. The molecule has 0 aliphatic heterocycles. The molecule has 1 atom stereocenters. The number of ether oxygens (including phenoxy) is 2. The molecule has 0 aliphatic carbocycles. The van der Waals surface area contributed by atoms with E-state index in [0.717, 1.165) is 11.1 Å². The Morgan fingerprint density at radius 1 is 1.44 bits per heavy atom. The third-order valence-corrected chi connectivity index (χ3v) is 2.80. The normalized spacial score (nSPS) is 12.1. The zero-order valence-electron chi connectivity index (χ0n) is 11.0. The van der Waals surface area contributed by atoms with Crippen LogP contribution in [0.25, 0.3) is 0 Å². The Morgan fingerprint density at radius 2 is 2.06 bits per heavy atom. The molecular formula is C13H18O5. The van der Waals surface area contributed by atoms with Crippen molar-refractivity contribution >= 4 is 5.97 Å². The van der Waals surface area contributed by atoms with E-state index in [0.29, 0.717) is 0 Å². The molecule has 5 nitrogen and oxygen atoms in total. The van der Waals surface area contributed by atoms with Crippen LogP contribution in [0.2, 0.25) is 0 Å². The zero-order valence-corrected chi connectivity index (χ0v) is 11.0. The van der Waals surface area contributed by atoms with E-state index in [9.17, 15) is 15.0 Å². The van der Waals surface area contributed by atoms with Crippen molar-refractivity contribution in [2.75, 3.05) is 13.7 Å². The van der Waals surface area contributed by atoms with E-state index in [2.05, 4.69) is 0 Å². The topological polar surface area (TPSA) is 76.0 Å². The molecule has 1 rings (SSSR count). The number of carbonyl (C=O) groups excluding carboxylic acids is 1. The number of hydrogen-bond acceptors (Lipinski definition) is 5. The summed E-state index contributed by atoms with van der Waals surface area (Å²) in [5.74, 6) is -0.771. The fourth-order valence-corrected chi connectivity index (χ4v) is 1.70. The van der Waals surface area contributed by atoms with Crippen molar-refractivity contribution in [1.29, 1.82) is 0 Å². The number of aryl methyl sites for hydroxylation is 1. The van der Waals surface area contributed by atoms with Crippen LogP contribution in [0.3, 0.4) is 0 Å². The highest BCUT2D eigenvalue weighted by atomic mass is 16.5. The van der Waals surface area contributed by atoms with E-state index in [-0.39, 0.29) is 23.7 Å². The molecule has 1 unspecified atom stereocenters. The maximum atomic E-state index is 11.5. The van der Waals surface area contributed by atoms with Gasteiger partial charge < -0.3 is 19.7 Å². The first-order valence-corrected chi connectivity index (χ1v) is 5.65. The third kappa shape index (κ3) is 2.56. The van der Waals surface area contributed by atoms with Crippen LogP contribution in [0.4, 0.5) is 0 Å². The minimum Gasteiger partial charge on any atom is -0.504 e. The molecule has 0 saturated carbocycles. The summed E-state index contributed by atoms with van der Waals surface area (Å²) in [4.78, 5) is 11.5. The molecule has 0 amide bonds. The van der Waals surface area contributed by atoms with Crippen LogP contribution in [-0.4, -0.2) is 29.9 Å². The molecule has 1 aromatic carbocycles. The average molecular weight is 254 g/mol. The van der Waals surface area contributed by atoms with E-state index in [1.807, 2.05) is 0 Å². The van der Waals surface area contributed by atoms with Crippen molar-refractivity contribution in [2.24, 2.45) is 0 Å². The SMILES string of the molecule is CCOC(=O)C(O)c1cc(C)c(C)c(OC)c1O. The van der Waals surface area contributed by atoms with Gasteiger partial charge in [0, 0.05) is 5.56 Å². The molecular weight excluding hydrogens is 236 g/mol. The molecule has 0 spiro atoms. The van der Waals surface area contributed by atoms with Gasteiger partial charge in [-0.3, -0.25) is 0 Å². The summed E-state index contributed by atoms with van der Waals surface area (Å²) in [5.41, 5.74) is 1.66. The summed E-state index contributed by atoms with van der Waals surface area (Å²) in [5, 5.41) is 19.8. The Morgan fingerprint density at radius 3 is 2.56 bits per heavy atom. The first-order valence-electron chi connectivity index (χ1n) is 5.65. The second-order valence-corrected chi connectivity index (χ2v) is 3.94. The Kier molecular flexibility index (Phi) is 4.55. The number of aliphatic hydroxyl groups is 1. The number of aliphatic hydroxyl groups excluding tert-OH is 1. The number of carbonyl (C=O) groups is 1. The molecule has 0 saturated heterocycles. The van der Waals surface area contributed by atoms with E-state index >= 15 is 0 Å². The van der Waals surface area contributed by atoms with Gasteiger partial charge in [0.2, 0.25) is 0 Å². The fourth-order valence-electron chi connectivity index (χ4n) is 1.70. The summed E-state index contributed by atoms with van der Waals surface area (Å²) in [7, 11) is 1.42. The number of rotatable bonds is 4. The largest absolute Gasteiger partial charge is 0.504 e. The van der Waals surface area contributed by atoms with E-state index < -0.39 is 12.1 Å². The summed E-state index contributed by atoms with van der Waals surface area (Å²) in [6.45, 7) is 5.40. The van der Waals surface area contributed by atoms with Gasteiger partial charge in [-0.15, -0.1) is 0 Å². The average Bonchev–Trinajstić information content (AvgIpc) is 2.34. The Labute approximate surface area is 106 Å². The smallest absolute Gasteiger partial charge is 0.339 e. The number of hydrogen-bond donors (Lipinski definition) is 2. The van der Waals surface area contributed by atoms with Crippen LogP contribution in [0, 0.1) is 13.8 Å². The predicted molar refractivity (Wildman–Crippen MR) is 65.7 cm³/mol. The van der Waals surface area contributed by atoms with Crippen molar-refractivity contribution in [3.8, 4) is 11.5 Å². The highest BCUT2D eigenvalue weighted by Crippen LogP contribution is 2.38. The number of aromatic hydroxyl groups is 1. The molecule has 18 heavy (non-hydrogen) atoms. The Balaban J connectivity index is 3.25. The monoisotopic (exact) mass is 254 g/mol. The van der Waals surface area contributed by atoms with E-state index in [1.54, 1.807) is 26.8 Å². The number of methoxy groups -OCH3 is 1. The molecule has 2 N–H and O–H groups in total. The lowest BCUT2D eigenvalue weighted by Gasteiger charge is -2.17. The number of benzene rings is 1. The van der Waals surface area contributed by atoms with Gasteiger partial charge in [-0.2, -0.15) is 0 Å². The van der Waals surface area contributed by atoms with E-state index in [1.165, 1.54) is 7.11 Å². The second kappa shape index (κ2) is 5.73. The molecule has 0 aromatic heterocycles. The standard InChI is InChI=1S/C13H18O5/c1-5-18-13(16)11(15)9-6-7(2)8(3)12(17-4)10(9)14/h6,11,14-15H,5H2,1-4H3. The Bertz CT molecular complexity index is 453. The van der Waals surface area contributed by atoms with Crippen molar-refractivity contribution in [1.82, 2.24) is 0 Å². The van der Waals surface area contributed by atoms with Crippen molar-refractivity contribution in [3.63, 3.8) is 0 Å². The van der Waals surface area contributed by atoms with Crippen LogP contribution < -0.4 is 4.74 Å². The molecule has 0 bridgehead atoms. The predicted octanol–water partition coefficient (Wildman–Crippen LogP) is 1.61. The van der Waals surface area contributed by atoms with Gasteiger partial charge in [0.15, 0.2) is 17.6 Å². The van der Waals surface area contributed by atoms with Crippen LogP contribution >= 0.6 is 0 Å². The van der Waals surface area contributed by atoms with E-state index in [4.69, 9.17) is 9.47 Å². The Hall–Kier alpha value is -1.75. The second-order valence-electron chi connectivity index (χ2n) is 3.94. The number of phenols is 1. The lowest BCUT2D eigenvalue weighted by molar-refractivity contribution is -0.153. The molecule has 0 radical (unpaired) electrons. The minimum absolute atomic E-state index is 0.0911. The van der Waals surface area contributed by atoms with Gasteiger partial charge in [0.05, 0.1) is 13.7 Å². The first-order chi connectivity index (χ1) is 8.43. The lowest BCUT2D eigenvalue weighted by atomic mass is 10.00. The highest BCUT2D eigenvalue weighted by Gasteiger charge is 2.25. The summed E-state index contributed by atoms with van der Waals surface area (Å²) in [6, 6.07) is 1.55. The van der Waals surface area contributed by atoms with Crippen LogP contribution in [0.15, 0.2) is 6.07 Å². The summed E-state index contributed by atoms with van der Waals surface area (Å²) >= 11 is 0. The molecule has 0 heterocycles. The third-order valence-electron chi connectivity index (χ3n) is 2.80. The van der Waals surface area contributed by atoms with Crippen LogP contribution in [0.5, 0.6) is 11.5 Å². The van der Waals surface area contributed by atoms with Gasteiger partial charge in [-0.05, 0) is 38.0 Å². The molecule has 1 aromatic rings. The van der Waals surface area contributed by atoms with Gasteiger partial charge in [-0.1, -0.05) is 0 Å². The fraction of sp³-hybridized carbons (Fsp3) is 0.462. The van der Waals surface area contributed by atoms with Gasteiger partial charge in [-0.25, -0.2) is 4.79 Å². The van der Waals surface area contributed by atoms with Gasteiger partial charge in [0.25, 0.3) is 0 Å².